The fourth-order valence-corrected chi connectivity index (χ4v) is 2.94. The number of hydrogen-bond acceptors (Lipinski definition) is 6. The number of hydrogen-bond donors (Lipinski definition) is 1. The van der Waals surface area contributed by atoms with Crippen molar-refractivity contribution in [1.29, 1.82) is 0 Å². The van der Waals surface area contributed by atoms with Gasteiger partial charge in [-0.25, -0.2) is 19.9 Å². The fraction of sp³-hybridized carbons (Fsp3) is 0.438. The Morgan fingerprint density at radius 2 is 2.13 bits per heavy atom. The van der Waals surface area contributed by atoms with E-state index in [0.717, 1.165) is 30.8 Å². The minimum Gasteiger partial charge on any atom is -0.481 e. The molecule has 0 saturated carbocycles. The van der Waals surface area contributed by atoms with Crippen LogP contribution in [0, 0.1) is 6.92 Å². The van der Waals surface area contributed by atoms with E-state index in [1.807, 2.05) is 13.0 Å². The number of nitrogens with zero attached hydrogens (tertiary/aromatic N) is 5. The first kappa shape index (κ1) is 15.3. The van der Waals surface area contributed by atoms with Crippen LogP contribution in [0.5, 0.6) is 0 Å². The van der Waals surface area contributed by atoms with E-state index in [1.165, 1.54) is 0 Å². The number of aromatic nitrogens is 4. The second kappa shape index (κ2) is 6.68. The molecule has 2 aromatic rings. The van der Waals surface area contributed by atoms with E-state index < -0.39 is 5.97 Å². The van der Waals surface area contributed by atoms with Crippen molar-refractivity contribution >= 4 is 11.9 Å². The highest BCUT2D eigenvalue weighted by molar-refractivity contribution is 5.66. The zero-order valence-corrected chi connectivity index (χ0v) is 13.0. The molecule has 2 aromatic heterocycles. The highest BCUT2D eigenvalue weighted by Gasteiger charge is 2.29. The van der Waals surface area contributed by atoms with Gasteiger partial charge in [0, 0.05) is 31.1 Å². The van der Waals surface area contributed by atoms with Gasteiger partial charge in [0.2, 0.25) is 5.95 Å². The van der Waals surface area contributed by atoms with Crippen LogP contribution in [0.4, 0.5) is 5.95 Å². The lowest BCUT2D eigenvalue weighted by atomic mass is 10.1. The van der Waals surface area contributed by atoms with E-state index in [1.54, 1.807) is 18.5 Å². The van der Waals surface area contributed by atoms with Gasteiger partial charge in [-0.1, -0.05) is 0 Å². The van der Waals surface area contributed by atoms with E-state index in [0.29, 0.717) is 18.2 Å². The maximum absolute atomic E-state index is 10.8. The van der Waals surface area contributed by atoms with Gasteiger partial charge in [-0.05, 0) is 31.9 Å². The quantitative estimate of drug-likeness (QED) is 0.901. The molecule has 0 aromatic carbocycles. The van der Waals surface area contributed by atoms with Crippen LogP contribution >= 0.6 is 0 Å². The second-order valence-corrected chi connectivity index (χ2v) is 5.63. The molecule has 1 fully saturated rings. The van der Waals surface area contributed by atoms with Crippen molar-refractivity contribution < 1.29 is 9.90 Å². The maximum Gasteiger partial charge on any atom is 0.303 e. The monoisotopic (exact) mass is 313 g/mol. The Morgan fingerprint density at radius 3 is 2.87 bits per heavy atom. The predicted octanol–water partition coefficient (Wildman–Crippen LogP) is 1.93. The molecule has 0 bridgehead atoms. The highest BCUT2D eigenvalue weighted by Crippen LogP contribution is 2.33. The first-order chi connectivity index (χ1) is 11.1. The van der Waals surface area contributed by atoms with Gasteiger partial charge in [-0.2, -0.15) is 0 Å². The molecule has 1 aliphatic heterocycles. The van der Waals surface area contributed by atoms with Crippen LogP contribution in [0.2, 0.25) is 0 Å². The summed E-state index contributed by atoms with van der Waals surface area (Å²) in [6, 6.07) is 3.83. The normalized spacial score (nSPS) is 17.4. The van der Waals surface area contributed by atoms with Crippen molar-refractivity contribution in [2.24, 2.45) is 0 Å². The van der Waals surface area contributed by atoms with E-state index in [2.05, 4.69) is 24.8 Å². The summed E-state index contributed by atoms with van der Waals surface area (Å²) in [4.78, 5) is 30.5. The highest BCUT2D eigenvalue weighted by atomic mass is 16.4. The van der Waals surface area contributed by atoms with Gasteiger partial charge in [0.1, 0.15) is 5.82 Å². The largest absolute Gasteiger partial charge is 0.481 e. The van der Waals surface area contributed by atoms with Crippen LogP contribution in [0.3, 0.4) is 0 Å². The average Bonchev–Trinajstić information content (AvgIpc) is 3.03. The zero-order chi connectivity index (χ0) is 16.2. The van der Waals surface area contributed by atoms with Gasteiger partial charge in [-0.3, -0.25) is 4.79 Å². The van der Waals surface area contributed by atoms with E-state index in [4.69, 9.17) is 5.11 Å². The SMILES string of the molecule is Cc1nc(CCC(=O)O)cc(C2CCCN2c2ncccn2)n1. The summed E-state index contributed by atoms with van der Waals surface area (Å²) in [7, 11) is 0. The molecule has 7 heteroatoms. The minimum absolute atomic E-state index is 0.0755. The van der Waals surface area contributed by atoms with Gasteiger partial charge in [-0.15, -0.1) is 0 Å². The average molecular weight is 313 g/mol. The second-order valence-electron chi connectivity index (χ2n) is 5.63. The number of rotatable bonds is 5. The Bertz CT molecular complexity index is 692. The smallest absolute Gasteiger partial charge is 0.303 e. The molecular formula is C16H19N5O2. The maximum atomic E-state index is 10.8. The summed E-state index contributed by atoms with van der Waals surface area (Å²) in [6.07, 6.45) is 6.00. The number of anilines is 1. The summed E-state index contributed by atoms with van der Waals surface area (Å²) in [6.45, 7) is 2.73. The molecule has 3 rings (SSSR count). The number of aliphatic carboxylic acids is 1. The van der Waals surface area contributed by atoms with Crippen molar-refractivity contribution in [1.82, 2.24) is 19.9 Å². The van der Waals surface area contributed by atoms with E-state index >= 15 is 0 Å². The van der Waals surface area contributed by atoms with Crippen LogP contribution in [0.1, 0.15) is 42.5 Å². The molecule has 3 heterocycles. The summed E-state index contributed by atoms with van der Waals surface area (Å²) in [5.74, 6) is 0.560. The van der Waals surface area contributed by atoms with Gasteiger partial charge in [0.15, 0.2) is 0 Å². The summed E-state index contributed by atoms with van der Waals surface area (Å²) < 4.78 is 0. The Hall–Kier alpha value is -2.57. The zero-order valence-electron chi connectivity index (χ0n) is 13.0. The molecule has 7 nitrogen and oxygen atoms in total. The molecule has 23 heavy (non-hydrogen) atoms. The fourth-order valence-electron chi connectivity index (χ4n) is 2.94. The molecule has 1 unspecified atom stereocenters. The summed E-state index contributed by atoms with van der Waals surface area (Å²) in [5, 5.41) is 8.85. The first-order valence-corrected chi connectivity index (χ1v) is 7.73. The van der Waals surface area contributed by atoms with Gasteiger partial charge in [0.05, 0.1) is 18.2 Å². The molecule has 0 spiro atoms. The number of carboxylic acids is 1. The minimum atomic E-state index is -0.817. The standard InChI is InChI=1S/C16H19N5O2/c1-11-19-12(5-6-15(22)23)10-13(20-11)14-4-2-9-21(14)16-17-7-3-8-18-16/h3,7-8,10,14H,2,4-6,9H2,1H3,(H,22,23). The Kier molecular flexibility index (Phi) is 4.45. The molecule has 0 amide bonds. The molecule has 0 aliphatic carbocycles. The van der Waals surface area contributed by atoms with E-state index in [9.17, 15) is 4.79 Å². The molecule has 1 N–H and O–H groups in total. The van der Waals surface area contributed by atoms with Crippen molar-refractivity contribution in [3.63, 3.8) is 0 Å². The number of carboxylic acid groups (broad SMARTS) is 1. The third-order valence-electron chi connectivity index (χ3n) is 3.91. The predicted molar refractivity (Wildman–Crippen MR) is 84.1 cm³/mol. The Morgan fingerprint density at radius 1 is 1.35 bits per heavy atom. The van der Waals surface area contributed by atoms with Crippen LogP contribution in [-0.2, 0) is 11.2 Å². The van der Waals surface area contributed by atoms with Crippen LogP contribution in [0.15, 0.2) is 24.5 Å². The molecule has 1 aliphatic rings. The lowest BCUT2D eigenvalue weighted by molar-refractivity contribution is -0.136. The molecule has 120 valence electrons. The van der Waals surface area contributed by atoms with Gasteiger partial charge < -0.3 is 10.0 Å². The summed E-state index contributed by atoms with van der Waals surface area (Å²) in [5.41, 5.74) is 1.69. The lowest BCUT2D eigenvalue weighted by Gasteiger charge is -2.24. The van der Waals surface area contributed by atoms with Crippen LogP contribution in [-0.4, -0.2) is 37.6 Å². The Balaban J connectivity index is 1.86. The number of aryl methyl sites for hydroxylation is 2. The first-order valence-electron chi connectivity index (χ1n) is 7.73. The van der Waals surface area contributed by atoms with Crippen LogP contribution < -0.4 is 4.90 Å². The van der Waals surface area contributed by atoms with Crippen molar-refractivity contribution in [2.45, 2.75) is 38.6 Å². The molecular weight excluding hydrogens is 294 g/mol. The van der Waals surface area contributed by atoms with Crippen molar-refractivity contribution in [2.75, 3.05) is 11.4 Å². The van der Waals surface area contributed by atoms with Gasteiger partial charge >= 0.3 is 5.97 Å². The molecule has 1 atom stereocenters. The van der Waals surface area contributed by atoms with E-state index in [-0.39, 0.29) is 12.5 Å². The lowest BCUT2D eigenvalue weighted by Crippen LogP contribution is -2.25. The summed E-state index contributed by atoms with van der Waals surface area (Å²) >= 11 is 0. The van der Waals surface area contributed by atoms with Gasteiger partial charge in [0.25, 0.3) is 0 Å². The van der Waals surface area contributed by atoms with Crippen molar-refractivity contribution in [3.05, 3.63) is 41.7 Å². The molecule has 1 saturated heterocycles. The van der Waals surface area contributed by atoms with Crippen LogP contribution in [0.25, 0.3) is 0 Å². The Labute approximate surface area is 134 Å². The third-order valence-corrected chi connectivity index (χ3v) is 3.91. The van der Waals surface area contributed by atoms with Crippen molar-refractivity contribution in [3.8, 4) is 0 Å². The third kappa shape index (κ3) is 3.61. The molecule has 0 radical (unpaired) electrons. The number of carbonyl (C=O) groups is 1. The topological polar surface area (TPSA) is 92.1 Å².